The van der Waals surface area contributed by atoms with E-state index in [1.54, 1.807) is 4.90 Å². The van der Waals surface area contributed by atoms with E-state index in [0.29, 0.717) is 38.5 Å². The molecule has 1 amide bonds. The Morgan fingerprint density at radius 2 is 1.76 bits per heavy atom. The Morgan fingerprint density at radius 1 is 1.14 bits per heavy atom. The Balaban J connectivity index is 1.83. The summed E-state index contributed by atoms with van der Waals surface area (Å²) < 4.78 is 37.0. The molecule has 4 nitrogen and oxygen atoms in total. The number of amides is 1. The third kappa shape index (κ3) is 4.85. The number of hydrogen-bond donors (Lipinski definition) is 1. The molecule has 122 valence electrons. The molecule has 1 aliphatic carbocycles. The smallest absolute Gasteiger partial charge is 0.340 e. The molecule has 2 fully saturated rings. The number of halogens is 3. The van der Waals surface area contributed by atoms with Gasteiger partial charge in [-0.15, -0.1) is 0 Å². The van der Waals surface area contributed by atoms with Crippen molar-refractivity contribution in [1.29, 1.82) is 0 Å². The van der Waals surface area contributed by atoms with Crippen LogP contribution in [0.5, 0.6) is 0 Å². The molecule has 2 aliphatic rings. The molecule has 21 heavy (non-hydrogen) atoms. The number of carbonyl (C=O) groups is 1. The molecule has 0 aromatic carbocycles. The van der Waals surface area contributed by atoms with Crippen LogP contribution in [-0.2, 0) is 4.79 Å². The lowest BCUT2D eigenvalue weighted by Gasteiger charge is -2.39. The van der Waals surface area contributed by atoms with Gasteiger partial charge in [0.15, 0.2) is 0 Å². The zero-order valence-electron chi connectivity index (χ0n) is 12.4. The fourth-order valence-corrected chi connectivity index (χ4v) is 3.50. The average Bonchev–Trinajstić information content (AvgIpc) is 2.35. The van der Waals surface area contributed by atoms with E-state index in [1.165, 1.54) is 4.90 Å². The fourth-order valence-electron chi connectivity index (χ4n) is 3.50. The van der Waals surface area contributed by atoms with Crippen molar-refractivity contribution in [3.8, 4) is 0 Å². The van der Waals surface area contributed by atoms with Crippen LogP contribution >= 0.6 is 0 Å². The topological polar surface area (TPSA) is 49.6 Å². The third-order valence-corrected chi connectivity index (χ3v) is 4.42. The molecule has 0 aromatic heterocycles. The van der Waals surface area contributed by atoms with Crippen molar-refractivity contribution in [3.63, 3.8) is 0 Å². The number of alkyl halides is 3. The minimum absolute atomic E-state index is 0.0575. The standard InChI is InChI=1S/C14H24F3N3O/c1-10-6-11(8-12(18)7-10)13(21)20-4-2-19(3-5-20)9-14(15,16)17/h10-12H,2-9,18H2,1H3. The Hall–Kier alpha value is -0.820. The van der Waals surface area contributed by atoms with Crippen molar-refractivity contribution in [2.75, 3.05) is 32.7 Å². The van der Waals surface area contributed by atoms with E-state index in [9.17, 15) is 18.0 Å². The van der Waals surface area contributed by atoms with Crippen molar-refractivity contribution in [1.82, 2.24) is 9.80 Å². The molecule has 2 rings (SSSR count). The molecule has 1 saturated heterocycles. The van der Waals surface area contributed by atoms with Crippen molar-refractivity contribution < 1.29 is 18.0 Å². The molecule has 1 heterocycles. The Labute approximate surface area is 123 Å². The Bertz CT molecular complexity index is 357. The van der Waals surface area contributed by atoms with Crippen LogP contribution in [0.3, 0.4) is 0 Å². The highest BCUT2D eigenvalue weighted by Gasteiger charge is 2.35. The first kappa shape index (κ1) is 16.5. The molecule has 0 aromatic rings. The van der Waals surface area contributed by atoms with Crippen LogP contribution in [0.1, 0.15) is 26.2 Å². The van der Waals surface area contributed by atoms with Gasteiger partial charge in [0.05, 0.1) is 6.54 Å². The van der Waals surface area contributed by atoms with Crippen molar-refractivity contribution in [2.45, 2.75) is 38.4 Å². The van der Waals surface area contributed by atoms with Crippen LogP contribution in [0.15, 0.2) is 0 Å². The first-order chi connectivity index (χ1) is 9.74. The van der Waals surface area contributed by atoms with E-state index in [-0.39, 0.29) is 17.9 Å². The van der Waals surface area contributed by atoms with E-state index in [4.69, 9.17) is 5.73 Å². The SMILES string of the molecule is CC1CC(N)CC(C(=O)N2CCN(CC(F)(F)F)CC2)C1. The molecule has 0 bridgehead atoms. The summed E-state index contributed by atoms with van der Waals surface area (Å²) in [6, 6.07) is 0.0641. The maximum atomic E-state index is 12.5. The molecule has 0 spiro atoms. The monoisotopic (exact) mass is 307 g/mol. The van der Waals surface area contributed by atoms with Crippen LogP contribution in [-0.4, -0.2) is 60.6 Å². The van der Waals surface area contributed by atoms with Gasteiger partial charge in [0.25, 0.3) is 0 Å². The van der Waals surface area contributed by atoms with E-state index < -0.39 is 12.7 Å². The maximum Gasteiger partial charge on any atom is 0.401 e. The van der Waals surface area contributed by atoms with Crippen LogP contribution in [0.2, 0.25) is 0 Å². The summed E-state index contributed by atoms with van der Waals surface area (Å²) in [6.07, 6.45) is -1.68. The summed E-state index contributed by atoms with van der Waals surface area (Å²) in [5, 5.41) is 0. The predicted octanol–water partition coefficient (Wildman–Crippen LogP) is 1.46. The summed E-state index contributed by atoms with van der Waals surface area (Å²) in [5.41, 5.74) is 5.97. The van der Waals surface area contributed by atoms with Gasteiger partial charge in [0.2, 0.25) is 5.91 Å². The fraction of sp³-hybridized carbons (Fsp3) is 0.929. The average molecular weight is 307 g/mol. The number of carbonyl (C=O) groups excluding carboxylic acids is 1. The van der Waals surface area contributed by atoms with Gasteiger partial charge in [-0.3, -0.25) is 9.69 Å². The van der Waals surface area contributed by atoms with Crippen LogP contribution in [0.25, 0.3) is 0 Å². The second-order valence-corrected chi connectivity index (χ2v) is 6.49. The Kier molecular flexibility index (Phi) is 5.14. The molecule has 3 unspecified atom stereocenters. The Morgan fingerprint density at radius 3 is 2.29 bits per heavy atom. The molecule has 0 radical (unpaired) electrons. The second-order valence-electron chi connectivity index (χ2n) is 6.49. The van der Waals surface area contributed by atoms with Crippen LogP contribution in [0, 0.1) is 11.8 Å². The van der Waals surface area contributed by atoms with E-state index in [2.05, 4.69) is 6.92 Å². The van der Waals surface area contributed by atoms with Gasteiger partial charge in [-0.2, -0.15) is 13.2 Å². The van der Waals surface area contributed by atoms with E-state index >= 15 is 0 Å². The summed E-state index contributed by atoms with van der Waals surface area (Å²) in [6.45, 7) is 2.56. The zero-order valence-corrected chi connectivity index (χ0v) is 12.4. The number of piperazine rings is 1. The first-order valence-electron chi connectivity index (χ1n) is 7.58. The number of nitrogens with zero attached hydrogens (tertiary/aromatic N) is 2. The molecule has 1 saturated carbocycles. The summed E-state index contributed by atoms with van der Waals surface area (Å²) in [7, 11) is 0. The number of hydrogen-bond acceptors (Lipinski definition) is 3. The van der Waals surface area contributed by atoms with E-state index in [0.717, 1.165) is 12.8 Å². The lowest BCUT2D eigenvalue weighted by atomic mass is 9.79. The van der Waals surface area contributed by atoms with Gasteiger partial charge < -0.3 is 10.6 Å². The van der Waals surface area contributed by atoms with Crippen molar-refractivity contribution >= 4 is 5.91 Å². The van der Waals surface area contributed by atoms with E-state index in [1.807, 2.05) is 0 Å². The lowest BCUT2D eigenvalue weighted by Crippen LogP contribution is -2.53. The zero-order chi connectivity index (χ0) is 15.6. The first-order valence-corrected chi connectivity index (χ1v) is 7.58. The van der Waals surface area contributed by atoms with Gasteiger partial charge in [0.1, 0.15) is 0 Å². The van der Waals surface area contributed by atoms with Gasteiger partial charge in [-0.05, 0) is 25.2 Å². The van der Waals surface area contributed by atoms with Crippen LogP contribution < -0.4 is 5.73 Å². The largest absolute Gasteiger partial charge is 0.401 e. The quantitative estimate of drug-likeness (QED) is 0.840. The normalized spacial score (nSPS) is 32.2. The molecule has 1 aliphatic heterocycles. The highest BCUT2D eigenvalue weighted by Crippen LogP contribution is 2.29. The number of nitrogens with two attached hydrogens (primary N) is 1. The molecule has 7 heteroatoms. The molecule has 2 N–H and O–H groups in total. The predicted molar refractivity (Wildman–Crippen MR) is 73.6 cm³/mol. The minimum atomic E-state index is -4.17. The highest BCUT2D eigenvalue weighted by atomic mass is 19.4. The van der Waals surface area contributed by atoms with Crippen molar-refractivity contribution in [2.24, 2.45) is 17.6 Å². The van der Waals surface area contributed by atoms with Gasteiger partial charge in [-0.1, -0.05) is 6.92 Å². The lowest BCUT2D eigenvalue weighted by molar-refractivity contribution is -0.153. The van der Waals surface area contributed by atoms with Gasteiger partial charge in [-0.25, -0.2) is 0 Å². The summed E-state index contributed by atoms with van der Waals surface area (Å²) >= 11 is 0. The maximum absolute atomic E-state index is 12.5. The minimum Gasteiger partial charge on any atom is -0.340 e. The van der Waals surface area contributed by atoms with Crippen LogP contribution in [0.4, 0.5) is 13.2 Å². The molecule has 3 atom stereocenters. The molecular formula is C14H24F3N3O. The molecular weight excluding hydrogens is 283 g/mol. The summed E-state index contributed by atoms with van der Waals surface area (Å²) in [4.78, 5) is 15.5. The second kappa shape index (κ2) is 6.52. The number of rotatable bonds is 2. The van der Waals surface area contributed by atoms with Gasteiger partial charge in [0, 0.05) is 38.1 Å². The summed E-state index contributed by atoms with van der Waals surface area (Å²) in [5.74, 6) is 0.454. The van der Waals surface area contributed by atoms with Gasteiger partial charge >= 0.3 is 6.18 Å². The highest BCUT2D eigenvalue weighted by molar-refractivity contribution is 5.79. The van der Waals surface area contributed by atoms with Crippen molar-refractivity contribution in [3.05, 3.63) is 0 Å². The third-order valence-electron chi connectivity index (χ3n) is 4.42.